The predicted molar refractivity (Wildman–Crippen MR) is 124 cm³/mol. The smallest absolute Gasteiger partial charge is 0.341 e. The van der Waals surface area contributed by atoms with Crippen molar-refractivity contribution in [2.45, 2.75) is 39.7 Å². The molecule has 9 heteroatoms. The minimum absolute atomic E-state index is 0.0719. The van der Waals surface area contributed by atoms with Crippen LogP contribution >= 0.6 is 22.7 Å². The summed E-state index contributed by atoms with van der Waals surface area (Å²) in [6.45, 7) is 5.36. The lowest BCUT2D eigenvalue weighted by atomic mass is 9.88. The van der Waals surface area contributed by atoms with Crippen LogP contribution in [0.5, 0.6) is 0 Å². The first-order chi connectivity index (χ1) is 14.9. The zero-order valence-electron chi connectivity index (χ0n) is 18.2. The largest absolute Gasteiger partial charge is 0.465 e. The molecule has 0 fully saturated rings. The average Bonchev–Trinajstić information content (AvgIpc) is 3.38. The van der Waals surface area contributed by atoms with Gasteiger partial charge in [0.25, 0.3) is 0 Å². The lowest BCUT2D eigenvalue weighted by Gasteiger charge is -2.19. The normalized spacial score (nSPS) is 15.4. The van der Waals surface area contributed by atoms with Gasteiger partial charge in [-0.1, -0.05) is 19.9 Å². The number of amides is 2. The number of fused-ring (bicyclic) bond motifs is 1. The maximum Gasteiger partial charge on any atom is 0.341 e. The molecule has 0 aromatic carbocycles. The van der Waals surface area contributed by atoms with Crippen LogP contribution in [-0.2, 0) is 33.7 Å². The molecule has 0 spiro atoms. The van der Waals surface area contributed by atoms with E-state index in [1.54, 1.807) is 16.2 Å². The number of hydrogen-bond donors (Lipinski definition) is 2. The van der Waals surface area contributed by atoms with E-state index in [4.69, 9.17) is 4.74 Å². The standard InChI is InChI=1S/C22H29N3O4S2/c1-4-25(12-18(26)23-11-15-6-5-9-30-15)13-19(27)24-21-20(22(28)29-3)16-8-7-14(2)10-17(16)31-21/h5-6,9,14H,4,7-8,10-13H2,1-3H3,(H,23,26)(H,24,27)/t14-/m1/s1. The van der Waals surface area contributed by atoms with E-state index in [1.807, 2.05) is 24.4 Å². The Bertz CT molecular complexity index is 924. The van der Waals surface area contributed by atoms with Crippen molar-refractivity contribution in [3.05, 3.63) is 38.4 Å². The third-order valence-corrected chi connectivity index (χ3v) is 7.42. The lowest BCUT2D eigenvalue weighted by Crippen LogP contribution is -2.40. The number of likely N-dealkylation sites (N-methyl/N-ethyl adjacent to an activating group) is 1. The van der Waals surface area contributed by atoms with Gasteiger partial charge in [-0.25, -0.2) is 4.79 Å². The SMILES string of the molecule is CCN(CC(=O)NCc1cccs1)CC(=O)Nc1sc2c(c1C(=O)OC)CC[C@@H](C)C2. The van der Waals surface area contributed by atoms with Crippen molar-refractivity contribution in [3.8, 4) is 0 Å². The monoisotopic (exact) mass is 463 g/mol. The molecule has 0 saturated carbocycles. The van der Waals surface area contributed by atoms with Gasteiger partial charge in [-0.2, -0.15) is 0 Å². The van der Waals surface area contributed by atoms with Gasteiger partial charge in [-0.3, -0.25) is 14.5 Å². The molecule has 7 nitrogen and oxygen atoms in total. The summed E-state index contributed by atoms with van der Waals surface area (Å²) >= 11 is 3.05. The van der Waals surface area contributed by atoms with Gasteiger partial charge >= 0.3 is 5.97 Å². The van der Waals surface area contributed by atoms with Crippen molar-refractivity contribution in [2.75, 3.05) is 32.1 Å². The Hall–Kier alpha value is -2.23. The summed E-state index contributed by atoms with van der Waals surface area (Å²) in [5.74, 6) is -0.227. The molecule has 0 radical (unpaired) electrons. The van der Waals surface area contributed by atoms with Gasteiger partial charge in [0.2, 0.25) is 11.8 Å². The number of hydrogen-bond acceptors (Lipinski definition) is 7. The van der Waals surface area contributed by atoms with Gasteiger partial charge in [0.1, 0.15) is 5.00 Å². The van der Waals surface area contributed by atoms with Crippen LogP contribution in [-0.4, -0.2) is 49.4 Å². The molecular formula is C22H29N3O4S2. The third kappa shape index (κ3) is 6.15. The second kappa shape index (κ2) is 10.9. The molecule has 2 amide bonds. The molecule has 3 rings (SSSR count). The molecule has 1 aliphatic rings. The molecular weight excluding hydrogens is 434 g/mol. The molecule has 31 heavy (non-hydrogen) atoms. The molecule has 2 N–H and O–H groups in total. The molecule has 0 aliphatic heterocycles. The van der Waals surface area contributed by atoms with Crippen molar-refractivity contribution in [1.82, 2.24) is 10.2 Å². The van der Waals surface area contributed by atoms with Crippen LogP contribution in [0.3, 0.4) is 0 Å². The van der Waals surface area contributed by atoms with Crippen LogP contribution in [0, 0.1) is 5.92 Å². The molecule has 0 saturated heterocycles. The van der Waals surface area contributed by atoms with Crippen molar-refractivity contribution >= 4 is 45.5 Å². The second-order valence-corrected chi connectivity index (χ2v) is 9.89. The van der Waals surface area contributed by atoms with Crippen molar-refractivity contribution < 1.29 is 19.1 Å². The van der Waals surface area contributed by atoms with Crippen LogP contribution in [0.25, 0.3) is 0 Å². The van der Waals surface area contributed by atoms with Gasteiger partial charge in [0.05, 0.1) is 32.3 Å². The Morgan fingerprint density at radius 1 is 1.26 bits per heavy atom. The number of esters is 1. The van der Waals surface area contributed by atoms with Crippen LogP contribution in [0.2, 0.25) is 0 Å². The number of ether oxygens (including phenoxy) is 1. The number of nitrogens with one attached hydrogen (secondary N) is 2. The first kappa shape index (κ1) is 23.4. The summed E-state index contributed by atoms with van der Waals surface area (Å²) in [7, 11) is 1.36. The first-order valence-corrected chi connectivity index (χ1v) is 12.1. The first-order valence-electron chi connectivity index (χ1n) is 10.4. The number of thiophene rings is 2. The molecule has 2 aromatic rings. The number of rotatable bonds is 9. The van der Waals surface area contributed by atoms with Gasteiger partial charge in [0.15, 0.2) is 0 Å². The Kier molecular flexibility index (Phi) is 8.22. The number of nitrogens with zero attached hydrogens (tertiary/aromatic N) is 1. The second-order valence-electron chi connectivity index (χ2n) is 7.76. The van der Waals surface area contributed by atoms with Crippen LogP contribution in [0.4, 0.5) is 5.00 Å². The zero-order valence-corrected chi connectivity index (χ0v) is 19.8. The van der Waals surface area contributed by atoms with Gasteiger partial charge in [-0.05, 0) is 48.7 Å². The van der Waals surface area contributed by atoms with Crippen LogP contribution in [0.15, 0.2) is 17.5 Å². The van der Waals surface area contributed by atoms with E-state index in [0.29, 0.717) is 29.6 Å². The molecule has 2 heterocycles. The van der Waals surface area contributed by atoms with Gasteiger partial charge < -0.3 is 15.4 Å². The maximum absolute atomic E-state index is 12.7. The topological polar surface area (TPSA) is 87.7 Å². The summed E-state index contributed by atoms with van der Waals surface area (Å²) in [5, 5.41) is 8.30. The minimum atomic E-state index is -0.414. The highest BCUT2D eigenvalue weighted by molar-refractivity contribution is 7.17. The fourth-order valence-corrected chi connectivity index (χ4v) is 5.72. The fraction of sp³-hybridized carbons (Fsp3) is 0.500. The van der Waals surface area contributed by atoms with E-state index in [1.165, 1.54) is 18.4 Å². The van der Waals surface area contributed by atoms with E-state index in [9.17, 15) is 14.4 Å². The van der Waals surface area contributed by atoms with Crippen molar-refractivity contribution in [1.29, 1.82) is 0 Å². The zero-order chi connectivity index (χ0) is 22.4. The van der Waals surface area contributed by atoms with E-state index in [0.717, 1.165) is 34.6 Å². The van der Waals surface area contributed by atoms with Crippen LogP contribution in [0.1, 0.15) is 45.9 Å². The highest BCUT2D eigenvalue weighted by Gasteiger charge is 2.29. The predicted octanol–water partition coefficient (Wildman–Crippen LogP) is 3.30. The Balaban J connectivity index is 1.61. The lowest BCUT2D eigenvalue weighted by molar-refractivity contribution is -0.123. The Morgan fingerprint density at radius 2 is 2.03 bits per heavy atom. The van der Waals surface area contributed by atoms with Crippen molar-refractivity contribution in [3.63, 3.8) is 0 Å². The molecule has 1 atom stereocenters. The highest BCUT2D eigenvalue weighted by atomic mass is 32.1. The minimum Gasteiger partial charge on any atom is -0.465 e. The summed E-state index contributed by atoms with van der Waals surface area (Å²) in [4.78, 5) is 41.4. The van der Waals surface area contributed by atoms with Gasteiger partial charge in [0, 0.05) is 9.75 Å². The van der Waals surface area contributed by atoms with E-state index in [2.05, 4.69) is 17.6 Å². The Morgan fingerprint density at radius 3 is 2.71 bits per heavy atom. The number of methoxy groups -OCH3 is 1. The third-order valence-electron chi connectivity index (χ3n) is 5.38. The molecule has 0 bridgehead atoms. The van der Waals surface area contributed by atoms with Crippen LogP contribution < -0.4 is 10.6 Å². The number of carbonyl (C=O) groups excluding carboxylic acids is 3. The fourth-order valence-electron chi connectivity index (χ4n) is 3.66. The number of carbonyl (C=O) groups is 3. The molecule has 0 unspecified atom stereocenters. The summed E-state index contributed by atoms with van der Waals surface area (Å²) < 4.78 is 4.98. The van der Waals surface area contributed by atoms with Gasteiger partial charge in [-0.15, -0.1) is 22.7 Å². The van der Waals surface area contributed by atoms with E-state index < -0.39 is 5.97 Å². The Labute approximate surface area is 190 Å². The quantitative estimate of drug-likeness (QED) is 0.557. The van der Waals surface area contributed by atoms with Crippen molar-refractivity contribution in [2.24, 2.45) is 5.92 Å². The van der Waals surface area contributed by atoms with E-state index >= 15 is 0 Å². The summed E-state index contributed by atoms with van der Waals surface area (Å²) in [6, 6.07) is 3.91. The summed E-state index contributed by atoms with van der Waals surface area (Å²) in [6.07, 6.45) is 2.75. The highest BCUT2D eigenvalue weighted by Crippen LogP contribution is 2.40. The summed E-state index contributed by atoms with van der Waals surface area (Å²) in [5.41, 5.74) is 1.49. The molecule has 168 valence electrons. The molecule has 1 aliphatic carbocycles. The maximum atomic E-state index is 12.7. The van der Waals surface area contributed by atoms with E-state index in [-0.39, 0.29) is 24.9 Å². The average molecular weight is 464 g/mol. The number of anilines is 1. The molecule has 2 aromatic heterocycles.